The molecule has 1 unspecified atom stereocenters. The lowest BCUT2D eigenvalue weighted by Crippen LogP contribution is -2.29. The first-order valence-corrected chi connectivity index (χ1v) is 7.70. The van der Waals surface area contributed by atoms with E-state index in [0.717, 1.165) is 13.8 Å². The topological polar surface area (TPSA) is 38.0 Å². The number of hydrazine groups is 1. The van der Waals surface area contributed by atoms with Crippen molar-refractivity contribution in [3.8, 4) is 0 Å². The molecule has 0 amide bonds. The molecule has 0 bridgehead atoms. The van der Waals surface area contributed by atoms with Crippen LogP contribution in [0.5, 0.6) is 0 Å². The SMILES string of the molecule is NNC(Cc1cc(Br)ccc1F)c1csc(Br)c1. The van der Waals surface area contributed by atoms with E-state index in [9.17, 15) is 4.39 Å². The first kappa shape index (κ1) is 14.1. The quantitative estimate of drug-likeness (QED) is 0.604. The maximum Gasteiger partial charge on any atom is 0.126 e. The van der Waals surface area contributed by atoms with Crippen molar-refractivity contribution in [2.24, 2.45) is 5.84 Å². The summed E-state index contributed by atoms with van der Waals surface area (Å²) in [6, 6.07) is 6.81. The molecule has 0 spiro atoms. The molecule has 0 radical (unpaired) electrons. The van der Waals surface area contributed by atoms with Crippen molar-refractivity contribution in [2.75, 3.05) is 0 Å². The summed E-state index contributed by atoms with van der Waals surface area (Å²) in [7, 11) is 0. The monoisotopic (exact) mass is 392 g/mol. The van der Waals surface area contributed by atoms with Crippen molar-refractivity contribution >= 4 is 43.2 Å². The van der Waals surface area contributed by atoms with E-state index in [2.05, 4.69) is 37.3 Å². The van der Waals surface area contributed by atoms with Crippen LogP contribution in [0.3, 0.4) is 0 Å². The van der Waals surface area contributed by atoms with Gasteiger partial charge in [0, 0.05) is 4.47 Å². The molecule has 0 fully saturated rings. The van der Waals surface area contributed by atoms with E-state index in [4.69, 9.17) is 5.84 Å². The molecule has 2 aromatic rings. The van der Waals surface area contributed by atoms with Gasteiger partial charge in [0.05, 0.1) is 9.83 Å². The highest BCUT2D eigenvalue weighted by atomic mass is 79.9. The summed E-state index contributed by atoms with van der Waals surface area (Å²) in [4.78, 5) is 0. The molecule has 0 saturated carbocycles. The van der Waals surface area contributed by atoms with Crippen LogP contribution in [0.15, 0.2) is 37.9 Å². The molecule has 18 heavy (non-hydrogen) atoms. The highest BCUT2D eigenvalue weighted by Crippen LogP contribution is 2.28. The standard InChI is InChI=1S/C12H11Br2FN2S/c13-9-1-2-10(15)7(3-9)4-11(17-16)8-5-12(14)18-6-8/h1-3,5-6,11,17H,4,16H2. The number of thiophene rings is 1. The van der Waals surface area contributed by atoms with Crippen LogP contribution in [0.2, 0.25) is 0 Å². The molecule has 0 aliphatic heterocycles. The molecule has 6 heteroatoms. The molecule has 1 heterocycles. The van der Waals surface area contributed by atoms with Gasteiger partial charge in [-0.15, -0.1) is 11.3 Å². The van der Waals surface area contributed by atoms with Crippen molar-refractivity contribution < 1.29 is 4.39 Å². The van der Waals surface area contributed by atoms with Gasteiger partial charge in [-0.05, 0) is 63.1 Å². The van der Waals surface area contributed by atoms with Gasteiger partial charge in [-0.1, -0.05) is 15.9 Å². The Labute approximate surface area is 126 Å². The van der Waals surface area contributed by atoms with E-state index in [0.29, 0.717) is 12.0 Å². The number of nitrogens with one attached hydrogen (secondary N) is 1. The molecule has 0 aliphatic rings. The third kappa shape index (κ3) is 3.39. The molecule has 0 aliphatic carbocycles. The Bertz CT molecular complexity index is 545. The van der Waals surface area contributed by atoms with Gasteiger partial charge < -0.3 is 0 Å². The normalized spacial score (nSPS) is 12.7. The molecular weight excluding hydrogens is 383 g/mol. The first-order valence-electron chi connectivity index (χ1n) is 5.24. The number of benzene rings is 1. The largest absolute Gasteiger partial charge is 0.271 e. The summed E-state index contributed by atoms with van der Waals surface area (Å²) in [5.41, 5.74) is 4.41. The average molecular weight is 394 g/mol. The summed E-state index contributed by atoms with van der Waals surface area (Å²) in [6.07, 6.45) is 0.505. The van der Waals surface area contributed by atoms with Crippen LogP contribution in [-0.4, -0.2) is 0 Å². The highest BCUT2D eigenvalue weighted by molar-refractivity contribution is 9.11. The second-order valence-corrected chi connectivity index (χ2v) is 7.05. The zero-order valence-electron chi connectivity index (χ0n) is 9.29. The van der Waals surface area contributed by atoms with Crippen LogP contribution in [0.1, 0.15) is 17.2 Å². The van der Waals surface area contributed by atoms with Gasteiger partial charge in [0.15, 0.2) is 0 Å². The Kier molecular flexibility index (Phi) is 4.91. The van der Waals surface area contributed by atoms with Crippen molar-refractivity contribution in [3.63, 3.8) is 0 Å². The second-order valence-electron chi connectivity index (χ2n) is 3.84. The highest BCUT2D eigenvalue weighted by Gasteiger charge is 2.14. The van der Waals surface area contributed by atoms with Crippen LogP contribution in [0, 0.1) is 5.82 Å². The minimum Gasteiger partial charge on any atom is -0.271 e. The van der Waals surface area contributed by atoms with Crippen LogP contribution >= 0.6 is 43.2 Å². The van der Waals surface area contributed by atoms with E-state index in [1.165, 1.54) is 6.07 Å². The number of rotatable bonds is 4. The summed E-state index contributed by atoms with van der Waals surface area (Å²) >= 11 is 8.34. The Morgan fingerprint density at radius 3 is 2.72 bits per heavy atom. The van der Waals surface area contributed by atoms with Gasteiger partial charge >= 0.3 is 0 Å². The zero-order chi connectivity index (χ0) is 13.1. The van der Waals surface area contributed by atoms with Crippen LogP contribution < -0.4 is 11.3 Å². The fraction of sp³-hybridized carbons (Fsp3) is 0.167. The van der Waals surface area contributed by atoms with Crippen LogP contribution in [-0.2, 0) is 6.42 Å². The molecule has 1 aromatic heterocycles. The molecule has 0 saturated heterocycles. The Balaban J connectivity index is 2.22. The smallest absolute Gasteiger partial charge is 0.126 e. The van der Waals surface area contributed by atoms with Crippen LogP contribution in [0.25, 0.3) is 0 Å². The van der Waals surface area contributed by atoms with Crippen molar-refractivity contribution in [2.45, 2.75) is 12.5 Å². The van der Waals surface area contributed by atoms with E-state index < -0.39 is 0 Å². The fourth-order valence-corrected chi connectivity index (χ4v) is 3.34. The second kappa shape index (κ2) is 6.25. The van der Waals surface area contributed by atoms with Gasteiger partial charge in [-0.2, -0.15) is 0 Å². The van der Waals surface area contributed by atoms with E-state index >= 15 is 0 Å². The average Bonchev–Trinajstić information content (AvgIpc) is 2.77. The predicted octanol–water partition coefficient (Wildman–Crippen LogP) is 4.16. The lowest BCUT2D eigenvalue weighted by molar-refractivity contribution is 0.530. The molecule has 2 rings (SSSR count). The Morgan fingerprint density at radius 2 is 2.11 bits per heavy atom. The first-order chi connectivity index (χ1) is 8.60. The number of hydrogen-bond acceptors (Lipinski definition) is 3. The summed E-state index contributed by atoms with van der Waals surface area (Å²) in [5, 5.41) is 2.00. The molecule has 96 valence electrons. The molecule has 1 atom stereocenters. The maximum atomic E-state index is 13.7. The predicted molar refractivity (Wildman–Crippen MR) is 79.9 cm³/mol. The van der Waals surface area contributed by atoms with Gasteiger partial charge in [0.25, 0.3) is 0 Å². The van der Waals surface area contributed by atoms with Crippen molar-refractivity contribution in [1.29, 1.82) is 0 Å². The summed E-state index contributed by atoms with van der Waals surface area (Å²) < 4.78 is 15.6. The minimum atomic E-state index is -0.215. The summed E-state index contributed by atoms with van der Waals surface area (Å²) in [5.74, 6) is 5.34. The van der Waals surface area contributed by atoms with Crippen LogP contribution in [0.4, 0.5) is 4.39 Å². The lowest BCUT2D eigenvalue weighted by atomic mass is 10.0. The number of halogens is 3. The Hall–Kier alpha value is -0.270. The lowest BCUT2D eigenvalue weighted by Gasteiger charge is -2.15. The van der Waals surface area contributed by atoms with Crippen molar-refractivity contribution in [1.82, 2.24) is 5.43 Å². The molecular formula is C12H11Br2FN2S. The van der Waals surface area contributed by atoms with E-state index in [1.807, 2.05) is 11.4 Å². The minimum absolute atomic E-state index is 0.101. The Morgan fingerprint density at radius 1 is 1.33 bits per heavy atom. The fourth-order valence-electron chi connectivity index (χ4n) is 1.70. The third-order valence-corrected chi connectivity index (χ3v) is 4.64. The summed E-state index contributed by atoms with van der Waals surface area (Å²) in [6.45, 7) is 0. The van der Waals surface area contributed by atoms with E-state index in [-0.39, 0.29) is 11.9 Å². The van der Waals surface area contributed by atoms with Gasteiger partial charge in [0.1, 0.15) is 5.82 Å². The van der Waals surface area contributed by atoms with Crippen molar-refractivity contribution in [3.05, 3.63) is 54.8 Å². The maximum absolute atomic E-state index is 13.7. The number of hydrogen-bond donors (Lipinski definition) is 2. The number of nitrogens with two attached hydrogens (primary N) is 1. The molecule has 3 N–H and O–H groups in total. The van der Waals surface area contributed by atoms with Gasteiger partial charge in [-0.3, -0.25) is 11.3 Å². The van der Waals surface area contributed by atoms with E-state index in [1.54, 1.807) is 23.5 Å². The zero-order valence-corrected chi connectivity index (χ0v) is 13.3. The molecule has 1 aromatic carbocycles. The molecule has 2 nitrogen and oxygen atoms in total. The van der Waals surface area contributed by atoms with Gasteiger partial charge in [0.2, 0.25) is 0 Å². The van der Waals surface area contributed by atoms with Gasteiger partial charge in [-0.25, -0.2) is 4.39 Å². The third-order valence-electron chi connectivity index (χ3n) is 2.62.